The predicted octanol–water partition coefficient (Wildman–Crippen LogP) is 1.77. The Morgan fingerprint density at radius 3 is 2.52 bits per heavy atom. The first-order chi connectivity index (χ1) is 12.2. The second-order valence-electron chi connectivity index (χ2n) is 5.61. The molecule has 1 saturated heterocycles. The smallest absolute Gasteiger partial charge is 0.272 e. The maximum Gasteiger partial charge on any atom is 0.272 e. The molecule has 2 aromatic rings. The van der Waals surface area contributed by atoms with Crippen LogP contribution < -0.4 is 20.5 Å². The summed E-state index contributed by atoms with van der Waals surface area (Å²) in [5.74, 6) is -0.540. The number of aromatic nitrogens is 3. The van der Waals surface area contributed by atoms with Crippen molar-refractivity contribution in [2.45, 2.75) is 19.3 Å². The highest BCUT2D eigenvalue weighted by Crippen LogP contribution is 2.17. The number of anilines is 2. The van der Waals surface area contributed by atoms with Crippen LogP contribution in [0.2, 0.25) is 0 Å². The molecule has 0 atom stereocenters. The van der Waals surface area contributed by atoms with E-state index in [4.69, 9.17) is 4.74 Å². The van der Waals surface area contributed by atoms with Crippen LogP contribution in [0, 0.1) is 5.82 Å². The number of hydrogen-bond acceptors (Lipinski definition) is 7. The minimum Gasteiger partial charge on any atom is -0.479 e. The number of hydrogen-bond donors (Lipinski definition) is 2. The monoisotopic (exact) mass is 346 g/mol. The Labute approximate surface area is 144 Å². The molecule has 0 radical (unpaired) electrons. The largest absolute Gasteiger partial charge is 0.479 e. The zero-order valence-corrected chi connectivity index (χ0v) is 13.8. The van der Waals surface area contributed by atoms with Gasteiger partial charge in [-0.3, -0.25) is 15.6 Å². The van der Waals surface area contributed by atoms with E-state index in [1.165, 1.54) is 38.2 Å². The fraction of sp³-hybridized carbons (Fsp3) is 0.375. The Kier molecular flexibility index (Phi) is 5.22. The highest BCUT2D eigenvalue weighted by Gasteiger charge is 2.14. The van der Waals surface area contributed by atoms with Gasteiger partial charge in [-0.25, -0.2) is 19.3 Å². The van der Waals surface area contributed by atoms with Gasteiger partial charge in [0.15, 0.2) is 5.82 Å². The van der Waals surface area contributed by atoms with Gasteiger partial charge in [0.25, 0.3) is 5.91 Å². The zero-order chi connectivity index (χ0) is 17.6. The van der Waals surface area contributed by atoms with E-state index in [2.05, 4.69) is 30.7 Å². The Bertz CT molecular complexity index is 734. The van der Waals surface area contributed by atoms with E-state index in [1.54, 1.807) is 0 Å². The highest BCUT2D eigenvalue weighted by molar-refractivity contribution is 5.94. The van der Waals surface area contributed by atoms with Crippen LogP contribution in [0.5, 0.6) is 5.88 Å². The van der Waals surface area contributed by atoms with Crippen molar-refractivity contribution in [3.8, 4) is 5.88 Å². The quantitative estimate of drug-likeness (QED) is 0.797. The number of nitrogens with one attached hydrogen (secondary N) is 2. The van der Waals surface area contributed by atoms with E-state index in [1.807, 2.05) is 0 Å². The van der Waals surface area contributed by atoms with Gasteiger partial charge in [-0.1, -0.05) is 0 Å². The number of ether oxygens (including phenoxy) is 1. The van der Waals surface area contributed by atoms with Crippen LogP contribution in [0.3, 0.4) is 0 Å². The minimum absolute atomic E-state index is 0.112. The van der Waals surface area contributed by atoms with Crippen molar-refractivity contribution in [3.63, 3.8) is 0 Å². The van der Waals surface area contributed by atoms with Crippen LogP contribution in [0.4, 0.5) is 16.0 Å². The molecular weight excluding hydrogens is 327 g/mol. The molecule has 1 aliphatic rings. The molecule has 0 aliphatic carbocycles. The SMILES string of the molecule is COc1ncc(NNC(=O)c2cnc(N3CCCCC3)nc2)cc1F. The molecule has 2 aromatic heterocycles. The van der Waals surface area contributed by atoms with E-state index < -0.39 is 11.7 Å². The summed E-state index contributed by atoms with van der Waals surface area (Å²) in [6.45, 7) is 1.87. The topological polar surface area (TPSA) is 92.3 Å². The molecular formula is C16H19FN6O2. The molecule has 1 amide bonds. The van der Waals surface area contributed by atoms with Crippen LogP contribution in [0.25, 0.3) is 0 Å². The fourth-order valence-electron chi connectivity index (χ4n) is 2.54. The number of piperidine rings is 1. The summed E-state index contributed by atoms with van der Waals surface area (Å²) in [5.41, 5.74) is 5.63. The fourth-order valence-corrected chi connectivity index (χ4v) is 2.54. The van der Waals surface area contributed by atoms with Gasteiger partial charge in [-0.2, -0.15) is 0 Å². The average Bonchev–Trinajstić information content (AvgIpc) is 2.67. The van der Waals surface area contributed by atoms with Gasteiger partial charge < -0.3 is 9.64 Å². The molecule has 9 heteroatoms. The number of carbonyl (C=O) groups excluding carboxylic acids is 1. The highest BCUT2D eigenvalue weighted by atomic mass is 19.1. The lowest BCUT2D eigenvalue weighted by Gasteiger charge is -2.26. The van der Waals surface area contributed by atoms with Crippen LogP contribution in [-0.4, -0.2) is 41.1 Å². The van der Waals surface area contributed by atoms with E-state index in [0.717, 1.165) is 25.9 Å². The molecule has 0 bridgehead atoms. The van der Waals surface area contributed by atoms with Gasteiger partial charge in [0.05, 0.1) is 24.6 Å². The van der Waals surface area contributed by atoms with Crippen LogP contribution in [0.1, 0.15) is 29.6 Å². The first-order valence-corrected chi connectivity index (χ1v) is 8.00. The molecule has 132 valence electrons. The van der Waals surface area contributed by atoms with Gasteiger partial charge in [-0.15, -0.1) is 0 Å². The van der Waals surface area contributed by atoms with Crippen molar-refractivity contribution in [3.05, 3.63) is 36.0 Å². The summed E-state index contributed by atoms with van der Waals surface area (Å²) in [6.07, 6.45) is 7.77. The third kappa shape index (κ3) is 4.11. The van der Waals surface area contributed by atoms with Crippen LogP contribution in [-0.2, 0) is 0 Å². The lowest BCUT2D eigenvalue weighted by molar-refractivity contribution is 0.0962. The molecule has 0 unspecified atom stereocenters. The summed E-state index contributed by atoms with van der Waals surface area (Å²) in [5, 5.41) is 0. The van der Waals surface area contributed by atoms with Crippen molar-refractivity contribution in [2.24, 2.45) is 0 Å². The van der Waals surface area contributed by atoms with E-state index >= 15 is 0 Å². The lowest BCUT2D eigenvalue weighted by atomic mass is 10.1. The maximum atomic E-state index is 13.6. The first kappa shape index (κ1) is 16.9. The predicted molar refractivity (Wildman–Crippen MR) is 89.9 cm³/mol. The molecule has 0 aromatic carbocycles. The standard InChI is InChI=1S/C16H19FN6O2/c1-25-15-13(17)7-12(10-18-15)21-22-14(24)11-8-19-16(20-9-11)23-5-3-2-4-6-23/h7-10,21H,2-6H2,1H3,(H,22,24). The Hall–Kier alpha value is -2.97. The van der Waals surface area contributed by atoms with Gasteiger partial charge >= 0.3 is 0 Å². The van der Waals surface area contributed by atoms with Crippen molar-refractivity contribution in [2.75, 3.05) is 30.5 Å². The van der Waals surface area contributed by atoms with Crippen molar-refractivity contribution in [1.29, 1.82) is 0 Å². The Balaban J connectivity index is 1.58. The minimum atomic E-state index is -0.629. The van der Waals surface area contributed by atoms with E-state index in [9.17, 15) is 9.18 Å². The van der Waals surface area contributed by atoms with Gasteiger partial charge in [0.2, 0.25) is 11.8 Å². The van der Waals surface area contributed by atoms with E-state index in [0.29, 0.717) is 11.5 Å². The van der Waals surface area contributed by atoms with Crippen molar-refractivity contribution < 1.29 is 13.9 Å². The first-order valence-electron chi connectivity index (χ1n) is 8.00. The molecule has 8 nitrogen and oxygen atoms in total. The molecule has 25 heavy (non-hydrogen) atoms. The van der Waals surface area contributed by atoms with Crippen LogP contribution in [0.15, 0.2) is 24.7 Å². The molecule has 3 heterocycles. The second-order valence-corrected chi connectivity index (χ2v) is 5.61. The summed E-state index contributed by atoms with van der Waals surface area (Å²) in [7, 11) is 1.33. The Morgan fingerprint density at radius 1 is 1.16 bits per heavy atom. The molecule has 1 aliphatic heterocycles. The molecule has 0 saturated carbocycles. The molecule has 0 spiro atoms. The number of methoxy groups -OCH3 is 1. The summed E-state index contributed by atoms with van der Waals surface area (Å²) in [4.78, 5) is 26.5. The molecule has 2 N–H and O–H groups in total. The van der Waals surface area contributed by atoms with E-state index in [-0.39, 0.29) is 11.6 Å². The normalized spacial score (nSPS) is 14.1. The average molecular weight is 346 g/mol. The number of halogens is 1. The van der Waals surface area contributed by atoms with Gasteiger partial charge in [0.1, 0.15) is 0 Å². The third-order valence-electron chi connectivity index (χ3n) is 3.86. The zero-order valence-electron chi connectivity index (χ0n) is 13.8. The second kappa shape index (κ2) is 7.73. The summed E-state index contributed by atoms with van der Waals surface area (Å²) < 4.78 is 18.3. The lowest BCUT2D eigenvalue weighted by Crippen LogP contribution is -2.32. The van der Waals surface area contributed by atoms with Crippen molar-refractivity contribution >= 4 is 17.5 Å². The van der Waals surface area contributed by atoms with Gasteiger partial charge in [0, 0.05) is 31.5 Å². The number of hydrazine groups is 1. The van der Waals surface area contributed by atoms with Crippen LogP contribution >= 0.6 is 0 Å². The number of rotatable bonds is 5. The molecule has 3 rings (SSSR count). The van der Waals surface area contributed by atoms with Gasteiger partial charge in [-0.05, 0) is 19.3 Å². The third-order valence-corrected chi connectivity index (χ3v) is 3.86. The maximum absolute atomic E-state index is 13.6. The summed E-state index contributed by atoms with van der Waals surface area (Å²) >= 11 is 0. The molecule has 1 fully saturated rings. The summed E-state index contributed by atoms with van der Waals surface area (Å²) in [6, 6.07) is 1.17. The number of amides is 1. The number of pyridine rings is 1. The van der Waals surface area contributed by atoms with Crippen molar-refractivity contribution in [1.82, 2.24) is 20.4 Å². The number of nitrogens with zero attached hydrogens (tertiary/aromatic N) is 4. The number of carbonyl (C=O) groups is 1. The Morgan fingerprint density at radius 2 is 1.88 bits per heavy atom.